The van der Waals surface area contributed by atoms with E-state index < -0.39 is 0 Å². The number of nitrogens with zero attached hydrogens (tertiary/aromatic N) is 1. The van der Waals surface area contributed by atoms with Gasteiger partial charge >= 0.3 is 0 Å². The van der Waals surface area contributed by atoms with Gasteiger partial charge in [-0.25, -0.2) is 0 Å². The summed E-state index contributed by atoms with van der Waals surface area (Å²) < 4.78 is 0. The van der Waals surface area contributed by atoms with Crippen molar-refractivity contribution in [1.82, 2.24) is 5.32 Å². The molecule has 1 fully saturated rings. The molecule has 3 heteroatoms. The molecule has 1 aliphatic heterocycles. The Kier molecular flexibility index (Phi) is 4.16. The standard InChI is InChI=1S/C16H26N2O/c1-12-10-18(13(11-19)9-17-12)15-8-6-5-7-14(15)16(2,3)4/h5-8,12-13,17,19H,9-11H2,1-4H3. The number of anilines is 1. The monoisotopic (exact) mass is 262 g/mol. The molecule has 0 radical (unpaired) electrons. The highest BCUT2D eigenvalue weighted by molar-refractivity contribution is 5.57. The third-order valence-corrected chi connectivity index (χ3v) is 3.85. The quantitative estimate of drug-likeness (QED) is 0.857. The van der Waals surface area contributed by atoms with Crippen LogP contribution in [0.25, 0.3) is 0 Å². The minimum Gasteiger partial charge on any atom is -0.394 e. The number of rotatable bonds is 2. The van der Waals surface area contributed by atoms with Crippen LogP contribution in [-0.4, -0.2) is 36.9 Å². The number of hydrogen-bond acceptors (Lipinski definition) is 3. The van der Waals surface area contributed by atoms with E-state index in [2.05, 4.69) is 62.2 Å². The van der Waals surface area contributed by atoms with Crippen LogP contribution >= 0.6 is 0 Å². The topological polar surface area (TPSA) is 35.5 Å². The van der Waals surface area contributed by atoms with Gasteiger partial charge in [0.2, 0.25) is 0 Å². The zero-order valence-corrected chi connectivity index (χ0v) is 12.5. The van der Waals surface area contributed by atoms with Gasteiger partial charge in [-0.3, -0.25) is 0 Å². The summed E-state index contributed by atoms with van der Waals surface area (Å²) in [5, 5.41) is 13.1. The van der Waals surface area contributed by atoms with E-state index in [9.17, 15) is 5.11 Å². The lowest BCUT2D eigenvalue weighted by Gasteiger charge is -2.42. The van der Waals surface area contributed by atoms with Crippen molar-refractivity contribution in [3.05, 3.63) is 29.8 Å². The molecule has 1 saturated heterocycles. The van der Waals surface area contributed by atoms with Gasteiger partial charge in [0.05, 0.1) is 12.6 Å². The highest BCUT2D eigenvalue weighted by Crippen LogP contribution is 2.33. The molecule has 1 aromatic rings. The van der Waals surface area contributed by atoms with Crippen molar-refractivity contribution in [3.63, 3.8) is 0 Å². The Hall–Kier alpha value is -1.06. The van der Waals surface area contributed by atoms with Crippen molar-refractivity contribution in [2.24, 2.45) is 0 Å². The molecule has 0 saturated carbocycles. The van der Waals surface area contributed by atoms with Crippen LogP contribution in [0.2, 0.25) is 0 Å². The fraction of sp³-hybridized carbons (Fsp3) is 0.625. The number of aliphatic hydroxyl groups is 1. The molecule has 0 aromatic heterocycles. The number of benzene rings is 1. The molecule has 3 nitrogen and oxygen atoms in total. The molecule has 1 aliphatic rings. The molecule has 2 N–H and O–H groups in total. The van der Waals surface area contributed by atoms with Gasteiger partial charge in [-0.1, -0.05) is 39.0 Å². The third-order valence-electron chi connectivity index (χ3n) is 3.85. The number of piperazine rings is 1. The van der Waals surface area contributed by atoms with Crippen molar-refractivity contribution in [3.8, 4) is 0 Å². The van der Waals surface area contributed by atoms with Gasteiger partial charge < -0.3 is 15.3 Å². The van der Waals surface area contributed by atoms with E-state index in [-0.39, 0.29) is 18.1 Å². The Morgan fingerprint density at radius 2 is 2.00 bits per heavy atom. The molecule has 2 rings (SSSR count). The van der Waals surface area contributed by atoms with E-state index in [1.165, 1.54) is 11.3 Å². The number of nitrogens with one attached hydrogen (secondary N) is 1. The molecule has 1 aromatic carbocycles. The highest BCUT2D eigenvalue weighted by atomic mass is 16.3. The minimum absolute atomic E-state index is 0.116. The maximum atomic E-state index is 9.62. The first-order chi connectivity index (χ1) is 8.93. The van der Waals surface area contributed by atoms with Crippen LogP contribution in [0.1, 0.15) is 33.3 Å². The summed E-state index contributed by atoms with van der Waals surface area (Å²) in [6, 6.07) is 9.20. The lowest BCUT2D eigenvalue weighted by Crippen LogP contribution is -2.57. The summed E-state index contributed by atoms with van der Waals surface area (Å²) in [6.07, 6.45) is 0. The van der Waals surface area contributed by atoms with Gasteiger partial charge in [0.15, 0.2) is 0 Å². The summed E-state index contributed by atoms with van der Waals surface area (Å²) in [6.45, 7) is 10.9. The van der Waals surface area contributed by atoms with Crippen LogP contribution in [0.3, 0.4) is 0 Å². The molecular weight excluding hydrogens is 236 g/mol. The predicted octanol–water partition coefficient (Wildman–Crippen LogP) is 2.14. The number of aliphatic hydroxyl groups excluding tert-OH is 1. The van der Waals surface area contributed by atoms with E-state index in [1.807, 2.05) is 0 Å². The van der Waals surface area contributed by atoms with Crippen molar-refractivity contribution < 1.29 is 5.11 Å². The summed E-state index contributed by atoms with van der Waals surface area (Å²) in [5.74, 6) is 0. The van der Waals surface area contributed by atoms with Crippen LogP contribution < -0.4 is 10.2 Å². The molecule has 2 atom stereocenters. The van der Waals surface area contributed by atoms with Gasteiger partial charge in [-0.15, -0.1) is 0 Å². The van der Waals surface area contributed by atoms with Crippen molar-refractivity contribution in [2.75, 3.05) is 24.6 Å². The fourth-order valence-corrected chi connectivity index (χ4v) is 2.77. The van der Waals surface area contributed by atoms with Gasteiger partial charge in [0.1, 0.15) is 0 Å². The van der Waals surface area contributed by atoms with Crippen LogP contribution in [0, 0.1) is 0 Å². The Bertz CT molecular complexity index is 425. The van der Waals surface area contributed by atoms with E-state index in [0.717, 1.165) is 13.1 Å². The normalized spacial score (nSPS) is 24.6. The molecule has 0 aliphatic carbocycles. The maximum absolute atomic E-state index is 9.62. The Morgan fingerprint density at radius 1 is 1.32 bits per heavy atom. The smallest absolute Gasteiger partial charge is 0.0647 e. The van der Waals surface area contributed by atoms with E-state index in [0.29, 0.717) is 6.04 Å². The summed E-state index contributed by atoms with van der Waals surface area (Å²) in [5.41, 5.74) is 2.73. The second-order valence-corrected chi connectivity index (χ2v) is 6.57. The average Bonchev–Trinajstić information content (AvgIpc) is 2.37. The Balaban J connectivity index is 2.39. The van der Waals surface area contributed by atoms with Crippen LogP contribution in [-0.2, 0) is 5.41 Å². The summed E-state index contributed by atoms with van der Waals surface area (Å²) in [4.78, 5) is 2.36. The molecule has 19 heavy (non-hydrogen) atoms. The Morgan fingerprint density at radius 3 is 2.63 bits per heavy atom. The van der Waals surface area contributed by atoms with Gasteiger partial charge in [-0.2, -0.15) is 0 Å². The molecule has 106 valence electrons. The summed E-state index contributed by atoms with van der Waals surface area (Å²) >= 11 is 0. The zero-order valence-electron chi connectivity index (χ0n) is 12.5. The van der Waals surface area contributed by atoms with E-state index >= 15 is 0 Å². The molecule has 0 spiro atoms. The lowest BCUT2D eigenvalue weighted by atomic mass is 9.85. The fourth-order valence-electron chi connectivity index (χ4n) is 2.77. The second-order valence-electron chi connectivity index (χ2n) is 6.57. The van der Waals surface area contributed by atoms with Crippen LogP contribution in [0.4, 0.5) is 5.69 Å². The third kappa shape index (κ3) is 3.10. The molecule has 0 bridgehead atoms. The SMILES string of the molecule is CC1CN(c2ccccc2C(C)(C)C)C(CO)CN1. The maximum Gasteiger partial charge on any atom is 0.0647 e. The molecule has 2 unspecified atom stereocenters. The van der Waals surface area contributed by atoms with Gasteiger partial charge in [0, 0.05) is 24.8 Å². The van der Waals surface area contributed by atoms with E-state index in [4.69, 9.17) is 0 Å². The lowest BCUT2D eigenvalue weighted by molar-refractivity contribution is 0.237. The van der Waals surface area contributed by atoms with E-state index in [1.54, 1.807) is 0 Å². The molecule has 1 heterocycles. The highest BCUT2D eigenvalue weighted by Gasteiger charge is 2.29. The summed E-state index contributed by atoms with van der Waals surface area (Å²) in [7, 11) is 0. The number of para-hydroxylation sites is 1. The largest absolute Gasteiger partial charge is 0.394 e. The van der Waals surface area contributed by atoms with Gasteiger partial charge in [-0.05, 0) is 24.0 Å². The average molecular weight is 262 g/mol. The first-order valence-corrected chi connectivity index (χ1v) is 7.14. The van der Waals surface area contributed by atoms with Crippen LogP contribution in [0.5, 0.6) is 0 Å². The predicted molar refractivity (Wildman–Crippen MR) is 80.8 cm³/mol. The van der Waals surface area contributed by atoms with Crippen molar-refractivity contribution >= 4 is 5.69 Å². The second kappa shape index (κ2) is 5.51. The van der Waals surface area contributed by atoms with Gasteiger partial charge in [0.25, 0.3) is 0 Å². The first-order valence-electron chi connectivity index (χ1n) is 7.14. The van der Waals surface area contributed by atoms with Crippen LogP contribution in [0.15, 0.2) is 24.3 Å². The minimum atomic E-state index is 0.116. The first kappa shape index (κ1) is 14.4. The Labute approximate surface area is 116 Å². The number of hydrogen-bond donors (Lipinski definition) is 2. The van der Waals surface area contributed by atoms with Crippen molar-refractivity contribution in [1.29, 1.82) is 0 Å². The molecule has 0 amide bonds. The molecular formula is C16H26N2O. The van der Waals surface area contributed by atoms with Crippen molar-refractivity contribution in [2.45, 2.75) is 45.2 Å². The zero-order chi connectivity index (χ0) is 14.0.